The van der Waals surface area contributed by atoms with E-state index in [1.165, 1.54) is 18.4 Å². The first-order valence-corrected chi connectivity index (χ1v) is 10.8. The Labute approximate surface area is 183 Å². The first-order valence-electron chi connectivity index (χ1n) is 10.8. The van der Waals surface area contributed by atoms with Crippen LogP contribution in [0.3, 0.4) is 0 Å². The van der Waals surface area contributed by atoms with Crippen LogP contribution in [0.4, 0.5) is 4.39 Å². The van der Waals surface area contributed by atoms with Gasteiger partial charge in [0, 0.05) is 17.1 Å². The molecule has 31 heavy (non-hydrogen) atoms. The number of hydrogen-bond donors (Lipinski definition) is 0. The highest BCUT2D eigenvalue weighted by molar-refractivity contribution is 5.88. The molecule has 0 saturated heterocycles. The summed E-state index contributed by atoms with van der Waals surface area (Å²) in [6.45, 7) is 2.19. The maximum Gasteiger partial charge on any atom is 0.134 e. The lowest BCUT2D eigenvalue weighted by atomic mass is 9.98. The van der Waals surface area contributed by atoms with Gasteiger partial charge in [0.25, 0.3) is 0 Å². The van der Waals surface area contributed by atoms with E-state index in [2.05, 4.69) is 30.1 Å². The molecule has 3 heteroatoms. The molecule has 0 aliphatic carbocycles. The van der Waals surface area contributed by atoms with Gasteiger partial charge in [-0.3, -0.25) is 4.98 Å². The van der Waals surface area contributed by atoms with Crippen LogP contribution in [0.15, 0.2) is 72.9 Å². The second-order valence-corrected chi connectivity index (χ2v) is 7.94. The molecule has 1 aromatic heterocycles. The summed E-state index contributed by atoms with van der Waals surface area (Å²) in [5.74, 6) is -0.152. The van der Waals surface area contributed by atoms with Gasteiger partial charge in [-0.05, 0) is 72.0 Å². The van der Waals surface area contributed by atoms with Crippen molar-refractivity contribution in [3.8, 4) is 17.3 Å². The van der Waals surface area contributed by atoms with Gasteiger partial charge in [0.05, 0.1) is 17.3 Å². The topological polar surface area (TPSA) is 36.7 Å². The molecule has 0 saturated carbocycles. The number of fused-ring (bicyclic) bond motifs is 1. The van der Waals surface area contributed by atoms with Crippen molar-refractivity contribution in [1.82, 2.24) is 4.98 Å². The summed E-state index contributed by atoms with van der Waals surface area (Å²) in [5.41, 5.74) is 5.61. The van der Waals surface area contributed by atoms with Crippen LogP contribution in [-0.4, -0.2) is 4.98 Å². The Bertz CT molecular complexity index is 1220. The summed E-state index contributed by atoms with van der Waals surface area (Å²) >= 11 is 0. The first-order chi connectivity index (χ1) is 15.2. The van der Waals surface area contributed by atoms with E-state index in [9.17, 15) is 0 Å². The molecule has 154 valence electrons. The zero-order valence-corrected chi connectivity index (χ0v) is 17.7. The molecule has 0 bridgehead atoms. The zero-order chi connectivity index (χ0) is 21.6. The highest BCUT2D eigenvalue weighted by atomic mass is 19.1. The zero-order valence-electron chi connectivity index (χ0n) is 17.7. The third-order valence-electron chi connectivity index (χ3n) is 5.74. The number of benzene rings is 3. The van der Waals surface area contributed by atoms with E-state index in [1.54, 1.807) is 12.1 Å². The van der Waals surface area contributed by atoms with Crippen LogP contribution in [0.25, 0.3) is 22.0 Å². The molecule has 1 heterocycles. The molecule has 0 spiro atoms. The standard InChI is InChI=1S/C28H25FN2/c1-2-3-4-22-10-16-27(31-19-22)25-14-15-26-24(17-25)13-12-23(28(26)29)11-9-20-5-7-21(18-30)8-6-20/h5-8,10,12-17,19H,2-4,9,11H2,1H3. The van der Waals surface area contributed by atoms with Crippen molar-refractivity contribution >= 4 is 10.8 Å². The largest absolute Gasteiger partial charge is 0.256 e. The average Bonchev–Trinajstić information content (AvgIpc) is 2.83. The second-order valence-electron chi connectivity index (χ2n) is 7.94. The minimum atomic E-state index is -0.152. The molecule has 0 atom stereocenters. The van der Waals surface area contributed by atoms with Gasteiger partial charge in [0.1, 0.15) is 5.82 Å². The highest BCUT2D eigenvalue weighted by Gasteiger charge is 2.10. The smallest absolute Gasteiger partial charge is 0.134 e. The van der Waals surface area contributed by atoms with Gasteiger partial charge in [-0.25, -0.2) is 4.39 Å². The molecule has 3 aromatic carbocycles. The SMILES string of the molecule is CCCCc1ccc(-c2ccc3c(F)c(CCc4ccc(C#N)cc4)ccc3c2)nc1. The van der Waals surface area contributed by atoms with Crippen LogP contribution in [0.2, 0.25) is 0 Å². The Kier molecular flexibility index (Phi) is 6.38. The van der Waals surface area contributed by atoms with Gasteiger partial charge in [0.2, 0.25) is 0 Å². The van der Waals surface area contributed by atoms with Crippen molar-refractivity contribution in [2.24, 2.45) is 0 Å². The summed E-state index contributed by atoms with van der Waals surface area (Å²) in [6, 6.07) is 23.5. The summed E-state index contributed by atoms with van der Waals surface area (Å²) in [6.07, 6.45) is 6.70. The monoisotopic (exact) mass is 408 g/mol. The van der Waals surface area contributed by atoms with Gasteiger partial charge >= 0.3 is 0 Å². The molecule has 0 fully saturated rings. The lowest BCUT2D eigenvalue weighted by molar-refractivity contribution is 0.620. The van der Waals surface area contributed by atoms with Gasteiger partial charge in [0.15, 0.2) is 0 Å². The predicted molar refractivity (Wildman–Crippen MR) is 124 cm³/mol. The van der Waals surface area contributed by atoms with Crippen molar-refractivity contribution in [3.63, 3.8) is 0 Å². The fourth-order valence-electron chi connectivity index (χ4n) is 3.84. The number of halogens is 1. The molecule has 0 unspecified atom stereocenters. The first kappa shape index (κ1) is 20.8. The van der Waals surface area contributed by atoms with Crippen LogP contribution < -0.4 is 0 Å². The average molecular weight is 409 g/mol. The van der Waals surface area contributed by atoms with Gasteiger partial charge < -0.3 is 0 Å². The number of nitriles is 1. The Morgan fingerprint density at radius 1 is 0.871 bits per heavy atom. The van der Waals surface area contributed by atoms with E-state index in [1.807, 2.05) is 48.7 Å². The molecule has 4 rings (SSSR count). The molecular weight excluding hydrogens is 383 g/mol. The quantitative estimate of drug-likeness (QED) is 0.329. The lowest BCUT2D eigenvalue weighted by Gasteiger charge is -2.09. The third kappa shape index (κ3) is 4.81. The number of nitrogens with zero attached hydrogens (tertiary/aromatic N) is 2. The number of aryl methyl sites for hydroxylation is 3. The fourth-order valence-corrected chi connectivity index (χ4v) is 3.84. The maximum absolute atomic E-state index is 15.1. The van der Waals surface area contributed by atoms with Gasteiger partial charge in [-0.15, -0.1) is 0 Å². The predicted octanol–water partition coefficient (Wildman–Crippen LogP) is 7.04. The number of pyridine rings is 1. The van der Waals surface area contributed by atoms with Crippen LogP contribution in [0.5, 0.6) is 0 Å². The van der Waals surface area contributed by atoms with E-state index >= 15 is 4.39 Å². The van der Waals surface area contributed by atoms with Crippen LogP contribution in [0, 0.1) is 17.1 Å². The second kappa shape index (κ2) is 9.53. The van der Waals surface area contributed by atoms with E-state index in [0.29, 0.717) is 22.9 Å². The van der Waals surface area contributed by atoms with E-state index < -0.39 is 0 Å². The lowest BCUT2D eigenvalue weighted by Crippen LogP contribution is -1.96. The fraction of sp³-hybridized carbons (Fsp3) is 0.214. The molecule has 2 nitrogen and oxygen atoms in total. The van der Waals surface area contributed by atoms with Crippen LogP contribution in [-0.2, 0) is 19.3 Å². The molecule has 0 aliphatic rings. The maximum atomic E-state index is 15.1. The van der Waals surface area contributed by atoms with Crippen molar-refractivity contribution in [3.05, 3.63) is 101 Å². The Hall–Kier alpha value is -3.51. The Balaban J connectivity index is 1.52. The number of rotatable bonds is 7. The van der Waals surface area contributed by atoms with Gasteiger partial charge in [-0.2, -0.15) is 5.26 Å². The third-order valence-corrected chi connectivity index (χ3v) is 5.74. The van der Waals surface area contributed by atoms with Crippen molar-refractivity contribution in [1.29, 1.82) is 5.26 Å². The molecule has 0 aliphatic heterocycles. The minimum absolute atomic E-state index is 0.152. The molecule has 0 N–H and O–H groups in total. The van der Waals surface area contributed by atoms with Crippen molar-refractivity contribution < 1.29 is 4.39 Å². The summed E-state index contributed by atoms with van der Waals surface area (Å²) in [4.78, 5) is 4.61. The minimum Gasteiger partial charge on any atom is -0.256 e. The Morgan fingerprint density at radius 2 is 1.68 bits per heavy atom. The van der Waals surface area contributed by atoms with E-state index in [0.717, 1.165) is 35.0 Å². The number of hydrogen-bond acceptors (Lipinski definition) is 2. The van der Waals surface area contributed by atoms with E-state index in [-0.39, 0.29) is 5.82 Å². The summed E-state index contributed by atoms with van der Waals surface area (Å²) < 4.78 is 15.1. The number of aromatic nitrogens is 1. The normalized spacial score (nSPS) is 10.9. The Morgan fingerprint density at radius 3 is 2.39 bits per heavy atom. The molecule has 4 aromatic rings. The van der Waals surface area contributed by atoms with Gasteiger partial charge in [-0.1, -0.05) is 55.8 Å². The van der Waals surface area contributed by atoms with Crippen molar-refractivity contribution in [2.75, 3.05) is 0 Å². The number of unbranched alkanes of at least 4 members (excludes halogenated alkanes) is 1. The summed E-state index contributed by atoms with van der Waals surface area (Å²) in [5, 5.41) is 10.4. The molecule has 0 radical (unpaired) electrons. The highest BCUT2D eigenvalue weighted by Crippen LogP contribution is 2.27. The van der Waals surface area contributed by atoms with Crippen LogP contribution >= 0.6 is 0 Å². The molecule has 0 amide bonds. The van der Waals surface area contributed by atoms with Crippen LogP contribution in [0.1, 0.15) is 42.0 Å². The van der Waals surface area contributed by atoms with Crippen molar-refractivity contribution in [2.45, 2.75) is 39.0 Å². The summed E-state index contributed by atoms with van der Waals surface area (Å²) in [7, 11) is 0. The van der Waals surface area contributed by atoms with E-state index in [4.69, 9.17) is 5.26 Å². The molecular formula is C28H25FN2.